The molecule has 0 saturated carbocycles. The SMILES string of the molecule is COc1ccc(C(N)c2ncc(Br)[nH]2)c(OC)c1. The van der Waals surface area contributed by atoms with Crippen molar-refractivity contribution < 1.29 is 9.47 Å². The number of benzene rings is 1. The quantitative estimate of drug-likeness (QED) is 0.908. The number of methoxy groups -OCH3 is 2. The number of rotatable bonds is 4. The Morgan fingerprint density at radius 3 is 2.67 bits per heavy atom. The molecule has 18 heavy (non-hydrogen) atoms. The molecule has 0 amide bonds. The van der Waals surface area contributed by atoms with Crippen LogP contribution in [0.25, 0.3) is 0 Å². The molecule has 1 unspecified atom stereocenters. The second-order valence-corrected chi connectivity index (χ2v) is 4.56. The Bertz CT molecular complexity index is 542. The molecular formula is C12H14BrN3O2. The molecule has 1 aromatic heterocycles. The molecular weight excluding hydrogens is 298 g/mol. The predicted octanol–water partition coefficient (Wildman–Crippen LogP) is 2.24. The van der Waals surface area contributed by atoms with Gasteiger partial charge in [0.1, 0.15) is 21.9 Å². The van der Waals surface area contributed by atoms with Gasteiger partial charge in [-0.25, -0.2) is 4.98 Å². The summed E-state index contributed by atoms with van der Waals surface area (Å²) in [7, 11) is 3.21. The fourth-order valence-electron chi connectivity index (χ4n) is 1.69. The molecule has 0 fully saturated rings. The summed E-state index contributed by atoms with van der Waals surface area (Å²) in [6.45, 7) is 0. The van der Waals surface area contributed by atoms with E-state index >= 15 is 0 Å². The summed E-state index contributed by atoms with van der Waals surface area (Å²) in [5.74, 6) is 2.07. The van der Waals surface area contributed by atoms with Crippen molar-refractivity contribution in [3.63, 3.8) is 0 Å². The van der Waals surface area contributed by atoms with E-state index in [0.717, 1.165) is 15.9 Å². The number of ether oxygens (including phenoxy) is 2. The summed E-state index contributed by atoms with van der Waals surface area (Å²) in [4.78, 5) is 7.24. The normalized spacial score (nSPS) is 12.2. The largest absolute Gasteiger partial charge is 0.497 e. The minimum Gasteiger partial charge on any atom is -0.497 e. The molecule has 96 valence electrons. The van der Waals surface area contributed by atoms with Crippen molar-refractivity contribution in [1.82, 2.24) is 9.97 Å². The molecule has 0 saturated heterocycles. The Kier molecular flexibility index (Phi) is 3.88. The van der Waals surface area contributed by atoms with Crippen LogP contribution in [0.2, 0.25) is 0 Å². The number of hydrogen-bond donors (Lipinski definition) is 2. The smallest absolute Gasteiger partial charge is 0.128 e. The summed E-state index contributed by atoms with van der Waals surface area (Å²) < 4.78 is 11.3. The van der Waals surface area contributed by atoms with E-state index in [9.17, 15) is 0 Å². The second-order valence-electron chi connectivity index (χ2n) is 3.70. The molecule has 6 heteroatoms. The Balaban J connectivity index is 2.38. The van der Waals surface area contributed by atoms with E-state index in [4.69, 9.17) is 15.2 Å². The second kappa shape index (κ2) is 5.41. The lowest BCUT2D eigenvalue weighted by Crippen LogP contribution is -2.14. The van der Waals surface area contributed by atoms with Gasteiger partial charge in [0.05, 0.1) is 26.5 Å². The molecule has 1 heterocycles. The van der Waals surface area contributed by atoms with E-state index in [1.165, 1.54) is 0 Å². The van der Waals surface area contributed by atoms with Crippen LogP contribution in [0.3, 0.4) is 0 Å². The van der Waals surface area contributed by atoms with Gasteiger partial charge in [-0.3, -0.25) is 0 Å². The lowest BCUT2D eigenvalue weighted by Gasteiger charge is -2.14. The van der Waals surface area contributed by atoms with Crippen molar-refractivity contribution in [1.29, 1.82) is 0 Å². The maximum Gasteiger partial charge on any atom is 0.128 e. The zero-order valence-corrected chi connectivity index (χ0v) is 11.7. The third kappa shape index (κ3) is 2.49. The topological polar surface area (TPSA) is 73.2 Å². The Labute approximate surface area is 113 Å². The number of imidazole rings is 1. The van der Waals surface area contributed by atoms with Gasteiger partial charge in [-0.15, -0.1) is 0 Å². The first-order chi connectivity index (χ1) is 8.65. The molecule has 0 aliphatic rings. The number of aromatic amines is 1. The first-order valence-corrected chi connectivity index (χ1v) is 6.13. The van der Waals surface area contributed by atoms with Gasteiger partial charge in [0.2, 0.25) is 0 Å². The van der Waals surface area contributed by atoms with Crippen molar-refractivity contribution in [3.05, 3.63) is 40.4 Å². The minimum atomic E-state index is -0.378. The molecule has 1 aromatic carbocycles. The first-order valence-electron chi connectivity index (χ1n) is 5.33. The average molecular weight is 312 g/mol. The number of H-pyrrole nitrogens is 1. The summed E-state index contributed by atoms with van der Waals surface area (Å²) in [6.07, 6.45) is 1.67. The van der Waals surface area contributed by atoms with Crippen molar-refractivity contribution in [2.45, 2.75) is 6.04 Å². The number of nitrogens with zero attached hydrogens (tertiary/aromatic N) is 1. The minimum absolute atomic E-state index is 0.378. The summed E-state index contributed by atoms with van der Waals surface area (Å²) in [6, 6.07) is 5.14. The van der Waals surface area contributed by atoms with E-state index in [1.807, 2.05) is 12.1 Å². The molecule has 3 N–H and O–H groups in total. The standard InChI is InChI=1S/C12H14BrN3O2/c1-17-7-3-4-8(9(5-7)18-2)11(14)12-15-6-10(13)16-12/h3-6,11H,14H2,1-2H3,(H,15,16). The van der Waals surface area contributed by atoms with Gasteiger partial charge in [0.15, 0.2) is 0 Å². The van der Waals surface area contributed by atoms with E-state index < -0.39 is 0 Å². The molecule has 1 atom stereocenters. The number of aromatic nitrogens is 2. The van der Waals surface area contributed by atoms with Crippen LogP contribution in [0, 0.1) is 0 Å². The number of halogens is 1. The Morgan fingerprint density at radius 1 is 1.33 bits per heavy atom. The van der Waals surface area contributed by atoms with Crippen LogP contribution in [0.15, 0.2) is 29.0 Å². The maximum absolute atomic E-state index is 6.16. The highest BCUT2D eigenvalue weighted by Gasteiger charge is 2.17. The van der Waals surface area contributed by atoms with Crippen LogP contribution in [-0.2, 0) is 0 Å². The van der Waals surface area contributed by atoms with Crippen LogP contribution in [-0.4, -0.2) is 24.2 Å². The highest BCUT2D eigenvalue weighted by Crippen LogP contribution is 2.30. The van der Waals surface area contributed by atoms with Crippen molar-refractivity contribution in [2.75, 3.05) is 14.2 Å². The van der Waals surface area contributed by atoms with Gasteiger partial charge in [-0.2, -0.15) is 0 Å². The van der Waals surface area contributed by atoms with Crippen molar-refractivity contribution in [2.24, 2.45) is 5.73 Å². The van der Waals surface area contributed by atoms with Gasteiger partial charge in [0, 0.05) is 11.6 Å². The van der Waals surface area contributed by atoms with Crippen molar-refractivity contribution >= 4 is 15.9 Å². The molecule has 0 aliphatic carbocycles. The van der Waals surface area contributed by atoms with Gasteiger partial charge in [-0.05, 0) is 28.1 Å². The van der Waals surface area contributed by atoms with Gasteiger partial charge < -0.3 is 20.2 Å². The maximum atomic E-state index is 6.16. The molecule has 0 radical (unpaired) electrons. The van der Waals surface area contributed by atoms with E-state index in [1.54, 1.807) is 26.5 Å². The van der Waals surface area contributed by atoms with Crippen LogP contribution >= 0.6 is 15.9 Å². The van der Waals surface area contributed by atoms with Crippen LogP contribution in [0.5, 0.6) is 11.5 Å². The van der Waals surface area contributed by atoms with E-state index in [2.05, 4.69) is 25.9 Å². The summed E-state index contributed by atoms with van der Waals surface area (Å²) in [5, 5.41) is 0. The van der Waals surface area contributed by atoms with Gasteiger partial charge in [0.25, 0.3) is 0 Å². The first kappa shape index (κ1) is 12.9. The predicted molar refractivity (Wildman–Crippen MR) is 71.9 cm³/mol. The highest BCUT2D eigenvalue weighted by molar-refractivity contribution is 9.10. The van der Waals surface area contributed by atoms with E-state index in [-0.39, 0.29) is 6.04 Å². The highest BCUT2D eigenvalue weighted by atomic mass is 79.9. The summed E-state index contributed by atoms with van der Waals surface area (Å²) in [5.41, 5.74) is 7.01. The number of nitrogens with two attached hydrogens (primary N) is 1. The van der Waals surface area contributed by atoms with Crippen LogP contribution < -0.4 is 15.2 Å². The fraction of sp³-hybridized carbons (Fsp3) is 0.250. The zero-order valence-electron chi connectivity index (χ0n) is 10.1. The van der Waals surface area contributed by atoms with E-state index in [0.29, 0.717) is 11.6 Å². The molecule has 2 aromatic rings. The third-order valence-electron chi connectivity index (χ3n) is 2.63. The number of hydrogen-bond acceptors (Lipinski definition) is 4. The lowest BCUT2D eigenvalue weighted by atomic mass is 10.1. The molecule has 5 nitrogen and oxygen atoms in total. The monoisotopic (exact) mass is 311 g/mol. The molecule has 2 rings (SSSR count). The molecule has 0 spiro atoms. The van der Waals surface area contributed by atoms with Crippen LogP contribution in [0.4, 0.5) is 0 Å². The Morgan fingerprint density at radius 2 is 2.11 bits per heavy atom. The summed E-state index contributed by atoms with van der Waals surface area (Å²) >= 11 is 3.31. The fourth-order valence-corrected chi connectivity index (χ4v) is 2.00. The van der Waals surface area contributed by atoms with Crippen molar-refractivity contribution in [3.8, 4) is 11.5 Å². The molecule has 0 aliphatic heterocycles. The third-order valence-corrected chi connectivity index (χ3v) is 3.04. The number of nitrogens with one attached hydrogen (secondary N) is 1. The zero-order chi connectivity index (χ0) is 13.1. The average Bonchev–Trinajstić information content (AvgIpc) is 2.83. The lowest BCUT2D eigenvalue weighted by molar-refractivity contribution is 0.389. The van der Waals surface area contributed by atoms with Gasteiger partial charge in [-0.1, -0.05) is 0 Å². The Hall–Kier alpha value is -1.53. The molecule has 0 bridgehead atoms. The van der Waals surface area contributed by atoms with Gasteiger partial charge >= 0.3 is 0 Å². The van der Waals surface area contributed by atoms with Crippen LogP contribution in [0.1, 0.15) is 17.4 Å².